The molecule has 0 spiro atoms. The second-order valence-corrected chi connectivity index (χ2v) is 7.69. The molecule has 0 bridgehead atoms. The van der Waals surface area contributed by atoms with E-state index < -0.39 is 6.10 Å². The maximum absolute atomic E-state index is 12.8. The number of carbonyl (C=O) groups is 2. The Hall–Kier alpha value is -3.60. The van der Waals surface area contributed by atoms with Gasteiger partial charge in [0.15, 0.2) is 6.10 Å². The Balaban J connectivity index is 1.68. The average Bonchev–Trinajstić information content (AvgIpc) is 2.75. The molecule has 2 N–H and O–H groups in total. The first-order valence-electron chi connectivity index (χ1n) is 10.3. The Morgan fingerprint density at radius 3 is 2.19 bits per heavy atom. The molecule has 0 aliphatic heterocycles. The summed E-state index contributed by atoms with van der Waals surface area (Å²) in [5.74, 6) is -0.153. The smallest absolute Gasteiger partial charge is 0.265 e. The molecule has 0 fully saturated rings. The van der Waals surface area contributed by atoms with Gasteiger partial charge in [-0.1, -0.05) is 60.2 Å². The summed E-state index contributed by atoms with van der Waals surface area (Å²) in [6, 6.07) is 20.7. The fraction of sp³-hybridized carbons (Fsp3) is 0.231. The van der Waals surface area contributed by atoms with Crippen LogP contribution in [0.5, 0.6) is 5.75 Å². The molecule has 0 aliphatic rings. The Morgan fingerprint density at radius 1 is 0.903 bits per heavy atom. The number of rotatable bonds is 7. The second kappa shape index (κ2) is 9.94. The molecule has 1 atom stereocenters. The normalized spacial score (nSPS) is 11.5. The van der Waals surface area contributed by atoms with Crippen LogP contribution in [-0.2, 0) is 11.3 Å². The molecule has 2 amide bonds. The predicted octanol–water partition coefficient (Wildman–Crippen LogP) is 4.95. The first-order chi connectivity index (χ1) is 14.8. The monoisotopic (exact) mass is 416 g/mol. The van der Waals surface area contributed by atoms with E-state index in [4.69, 9.17) is 4.74 Å². The molecule has 0 saturated carbocycles. The minimum Gasteiger partial charge on any atom is -0.480 e. The van der Waals surface area contributed by atoms with Gasteiger partial charge in [0.25, 0.3) is 11.8 Å². The molecule has 0 unspecified atom stereocenters. The second-order valence-electron chi connectivity index (χ2n) is 7.69. The van der Waals surface area contributed by atoms with E-state index in [2.05, 4.69) is 10.6 Å². The van der Waals surface area contributed by atoms with Crippen molar-refractivity contribution < 1.29 is 14.3 Å². The quantitative estimate of drug-likeness (QED) is 0.573. The van der Waals surface area contributed by atoms with E-state index >= 15 is 0 Å². The van der Waals surface area contributed by atoms with Crippen LogP contribution in [-0.4, -0.2) is 17.9 Å². The van der Waals surface area contributed by atoms with E-state index in [1.54, 1.807) is 31.2 Å². The van der Waals surface area contributed by atoms with Gasteiger partial charge in [0.05, 0.1) is 5.56 Å². The van der Waals surface area contributed by atoms with Crippen LogP contribution in [0.15, 0.2) is 66.7 Å². The lowest BCUT2D eigenvalue weighted by Gasteiger charge is -2.19. The van der Waals surface area contributed by atoms with Gasteiger partial charge in [-0.3, -0.25) is 9.59 Å². The number of amides is 2. The van der Waals surface area contributed by atoms with Crippen molar-refractivity contribution in [2.75, 3.05) is 5.32 Å². The highest BCUT2D eigenvalue weighted by molar-refractivity contribution is 5.98. The van der Waals surface area contributed by atoms with Crippen LogP contribution in [0.4, 0.5) is 5.69 Å². The fourth-order valence-corrected chi connectivity index (χ4v) is 3.48. The number of nitrogens with one attached hydrogen (secondary N) is 2. The third kappa shape index (κ3) is 5.72. The zero-order valence-corrected chi connectivity index (χ0v) is 18.4. The van der Waals surface area contributed by atoms with Crippen LogP contribution in [0, 0.1) is 20.8 Å². The molecule has 0 heterocycles. The molecule has 3 aromatic rings. The van der Waals surface area contributed by atoms with Crippen molar-refractivity contribution in [2.24, 2.45) is 0 Å². The fourth-order valence-electron chi connectivity index (χ4n) is 3.48. The summed E-state index contributed by atoms with van der Waals surface area (Å²) in [5.41, 5.74) is 5.33. The number of hydrogen-bond acceptors (Lipinski definition) is 3. The van der Waals surface area contributed by atoms with Crippen molar-refractivity contribution in [3.05, 3.63) is 94.5 Å². The number of anilines is 1. The molecule has 5 nitrogen and oxygen atoms in total. The van der Waals surface area contributed by atoms with Crippen LogP contribution >= 0.6 is 0 Å². The van der Waals surface area contributed by atoms with Crippen molar-refractivity contribution >= 4 is 17.5 Å². The Morgan fingerprint density at radius 2 is 1.52 bits per heavy atom. The van der Waals surface area contributed by atoms with Crippen molar-refractivity contribution in [1.29, 1.82) is 0 Å². The van der Waals surface area contributed by atoms with Gasteiger partial charge in [0.1, 0.15) is 5.75 Å². The summed E-state index contributed by atoms with van der Waals surface area (Å²) in [6.45, 7) is 8.04. The number of aryl methyl sites for hydroxylation is 3. The molecule has 5 heteroatoms. The lowest BCUT2D eigenvalue weighted by molar-refractivity contribution is -0.122. The molecular formula is C26H28N2O3. The minimum atomic E-state index is -0.775. The van der Waals surface area contributed by atoms with Gasteiger partial charge >= 0.3 is 0 Å². The van der Waals surface area contributed by atoms with Crippen molar-refractivity contribution in [2.45, 2.75) is 40.3 Å². The lowest BCUT2D eigenvalue weighted by atomic mass is 10.0. The number of carbonyl (C=O) groups excluding carboxylic acids is 2. The summed E-state index contributed by atoms with van der Waals surface area (Å²) in [7, 11) is 0. The number of ether oxygens (including phenoxy) is 1. The van der Waals surface area contributed by atoms with Gasteiger partial charge in [0.2, 0.25) is 0 Å². The van der Waals surface area contributed by atoms with Crippen LogP contribution < -0.4 is 15.4 Å². The molecule has 0 saturated heterocycles. The van der Waals surface area contributed by atoms with Crippen molar-refractivity contribution in [3.63, 3.8) is 0 Å². The molecule has 3 aromatic carbocycles. The highest BCUT2D eigenvalue weighted by atomic mass is 16.5. The molecule has 0 aliphatic carbocycles. The van der Waals surface area contributed by atoms with E-state index in [0.717, 1.165) is 27.9 Å². The minimum absolute atomic E-state index is 0.253. The highest BCUT2D eigenvalue weighted by Crippen LogP contribution is 2.23. The third-order valence-corrected chi connectivity index (χ3v) is 5.03. The standard InChI is InChI=1S/C26H28N2O3/c1-17-14-18(2)24(19(3)15-17)28-25(29)20(4)31-23-13-9-8-12-22(23)26(30)27-16-21-10-6-5-7-11-21/h5-15,20H,16H2,1-4H3,(H,27,30)(H,28,29)/t20-/m0/s1. The molecule has 0 radical (unpaired) electrons. The maximum Gasteiger partial charge on any atom is 0.265 e. The molecule has 0 aromatic heterocycles. The predicted molar refractivity (Wildman–Crippen MR) is 123 cm³/mol. The van der Waals surface area contributed by atoms with Crippen molar-refractivity contribution in [3.8, 4) is 5.75 Å². The summed E-state index contributed by atoms with van der Waals surface area (Å²) in [5, 5.41) is 5.86. The Kier molecular flexibility index (Phi) is 7.08. The van der Waals surface area contributed by atoms with Crippen LogP contribution in [0.1, 0.15) is 39.5 Å². The van der Waals surface area contributed by atoms with E-state index in [-0.39, 0.29) is 11.8 Å². The molecule has 160 valence electrons. The van der Waals surface area contributed by atoms with E-state index in [1.807, 2.05) is 63.2 Å². The van der Waals surface area contributed by atoms with Gasteiger partial charge < -0.3 is 15.4 Å². The van der Waals surface area contributed by atoms with Crippen LogP contribution in [0.3, 0.4) is 0 Å². The van der Waals surface area contributed by atoms with Crippen LogP contribution in [0.2, 0.25) is 0 Å². The number of para-hydroxylation sites is 1. The molecule has 3 rings (SSSR count). The zero-order valence-electron chi connectivity index (χ0n) is 18.4. The summed E-state index contributed by atoms with van der Waals surface area (Å²) < 4.78 is 5.88. The summed E-state index contributed by atoms with van der Waals surface area (Å²) >= 11 is 0. The van der Waals surface area contributed by atoms with Crippen LogP contribution in [0.25, 0.3) is 0 Å². The maximum atomic E-state index is 12.8. The Bertz CT molecular complexity index is 1050. The zero-order chi connectivity index (χ0) is 22.4. The first-order valence-corrected chi connectivity index (χ1v) is 10.3. The van der Waals surface area contributed by atoms with E-state index in [0.29, 0.717) is 17.9 Å². The van der Waals surface area contributed by atoms with Gasteiger partial charge in [-0.15, -0.1) is 0 Å². The van der Waals surface area contributed by atoms with E-state index in [9.17, 15) is 9.59 Å². The van der Waals surface area contributed by atoms with Gasteiger partial charge in [0, 0.05) is 12.2 Å². The topological polar surface area (TPSA) is 67.4 Å². The number of benzene rings is 3. The van der Waals surface area contributed by atoms with Crippen molar-refractivity contribution in [1.82, 2.24) is 5.32 Å². The van der Waals surface area contributed by atoms with Gasteiger partial charge in [-0.2, -0.15) is 0 Å². The molecule has 31 heavy (non-hydrogen) atoms. The SMILES string of the molecule is Cc1cc(C)c(NC(=O)[C@H](C)Oc2ccccc2C(=O)NCc2ccccc2)c(C)c1. The largest absolute Gasteiger partial charge is 0.480 e. The van der Waals surface area contributed by atoms with Gasteiger partial charge in [-0.05, 0) is 56.5 Å². The van der Waals surface area contributed by atoms with E-state index in [1.165, 1.54) is 0 Å². The summed E-state index contributed by atoms with van der Waals surface area (Å²) in [4.78, 5) is 25.5. The average molecular weight is 417 g/mol. The molecular weight excluding hydrogens is 388 g/mol. The number of hydrogen-bond donors (Lipinski definition) is 2. The Labute approximate surface area is 183 Å². The lowest BCUT2D eigenvalue weighted by Crippen LogP contribution is -2.32. The highest BCUT2D eigenvalue weighted by Gasteiger charge is 2.20. The third-order valence-electron chi connectivity index (χ3n) is 5.03. The first kappa shape index (κ1) is 22.1. The summed E-state index contributed by atoms with van der Waals surface area (Å²) in [6.07, 6.45) is -0.775. The van der Waals surface area contributed by atoms with Gasteiger partial charge in [-0.25, -0.2) is 0 Å².